The molecule has 9 nitrogen and oxygen atoms in total. The van der Waals surface area contributed by atoms with Gasteiger partial charge in [0.15, 0.2) is 10.3 Å². The summed E-state index contributed by atoms with van der Waals surface area (Å²) >= 11 is 2.24. The van der Waals surface area contributed by atoms with E-state index in [-0.39, 0.29) is 27.9 Å². The molecule has 0 saturated heterocycles. The van der Waals surface area contributed by atoms with Crippen LogP contribution in [0.4, 0.5) is 5.13 Å². The third-order valence-electron chi connectivity index (χ3n) is 4.43. The standard InChI is InChI=1S/C21H18N4O5S3/c1-2-30-18(26)13-32-21-23-17-6-4-3-5-16(17)19(27)25(21)14-7-9-15(10-8-14)33(28,29)24-20-22-11-12-31-20/h3-12H,2,13H2,1H3,(H,22,24). The first-order valence-electron chi connectivity index (χ1n) is 9.72. The molecule has 2 heterocycles. The summed E-state index contributed by atoms with van der Waals surface area (Å²) < 4.78 is 34.0. The minimum absolute atomic E-state index is 0.0176. The Kier molecular flexibility index (Phi) is 6.77. The molecule has 0 fully saturated rings. The second-order valence-electron chi connectivity index (χ2n) is 6.58. The molecule has 0 unspecified atom stereocenters. The van der Waals surface area contributed by atoms with Crippen LogP contribution in [0.1, 0.15) is 6.92 Å². The van der Waals surface area contributed by atoms with Crippen LogP contribution in [0.15, 0.2) is 75.0 Å². The molecule has 33 heavy (non-hydrogen) atoms. The highest BCUT2D eigenvalue weighted by Gasteiger charge is 2.18. The maximum absolute atomic E-state index is 13.3. The summed E-state index contributed by atoms with van der Waals surface area (Å²) in [6.07, 6.45) is 1.50. The van der Waals surface area contributed by atoms with E-state index >= 15 is 0 Å². The smallest absolute Gasteiger partial charge is 0.316 e. The van der Waals surface area contributed by atoms with Gasteiger partial charge < -0.3 is 4.74 Å². The summed E-state index contributed by atoms with van der Waals surface area (Å²) in [6, 6.07) is 12.7. The van der Waals surface area contributed by atoms with Gasteiger partial charge in [0, 0.05) is 11.6 Å². The summed E-state index contributed by atoms with van der Waals surface area (Å²) in [5, 5.41) is 2.62. The molecule has 2 aromatic carbocycles. The first-order chi connectivity index (χ1) is 15.9. The van der Waals surface area contributed by atoms with E-state index in [1.165, 1.54) is 46.4 Å². The number of aromatic nitrogens is 3. The summed E-state index contributed by atoms with van der Waals surface area (Å²) in [4.78, 5) is 33.6. The fourth-order valence-electron chi connectivity index (χ4n) is 2.99. The first kappa shape index (κ1) is 23.0. The zero-order valence-corrected chi connectivity index (χ0v) is 19.7. The molecule has 0 radical (unpaired) electrons. The molecule has 0 bridgehead atoms. The number of sulfonamides is 1. The molecule has 2 aromatic heterocycles. The average molecular weight is 503 g/mol. The van der Waals surface area contributed by atoms with E-state index < -0.39 is 16.0 Å². The summed E-state index contributed by atoms with van der Waals surface area (Å²) in [6.45, 7) is 1.97. The second-order valence-corrected chi connectivity index (χ2v) is 10.1. The lowest BCUT2D eigenvalue weighted by molar-refractivity contribution is -0.139. The van der Waals surface area contributed by atoms with Gasteiger partial charge in [0.1, 0.15) is 0 Å². The number of rotatable bonds is 8. The number of anilines is 1. The lowest BCUT2D eigenvalue weighted by Gasteiger charge is -2.13. The molecule has 1 N–H and O–H groups in total. The van der Waals surface area contributed by atoms with Crippen LogP contribution in [0.25, 0.3) is 16.6 Å². The van der Waals surface area contributed by atoms with Crippen LogP contribution in [0, 0.1) is 0 Å². The van der Waals surface area contributed by atoms with E-state index in [2.05, 4.69) is 14.7 Å². The van der Waals surface area contributed by atoms with Crippen molar-refractivity contribution in [2.24, 2.45) is 0 Å². The van der Waals surface area contributed by atoms with Gasteiger partial charge in [-0.1, -0.05) is 23.9 Å². The van der Waals surface area contributed by atoms with Crippen molar-refractivity contribution in [1.82, 2.24) is 14.5 Å². The van der Waals surface area contributed by atoms with Gasteiger partial charge in [-0.3, -0.25) is 18.9 Å². The van der Waals surface area contributed by atoms with Gasteiger partial charge in [0.25, 0.3) is 15.6 Å². The molecule has 0 atom stereocenters. The van der Waals surface area contributed by atoms with Crippen molar-refractivity contribution in [2.45, 2.75) is 17.0 Å². The Balaban J connectivity index is 1.73. The molecular weight excluding hydrogens is 484 g/mol. The molecule has 170 valence electrons. The number of para-hydroxylation sites is 1. The Morgan fingerprint density at radius 1 is 1.18 bits per heavy atom. The van der Waals surface area contributed by atoms with E-state index in [0.717, 1.165) is 11.8 Å². The SMILES string of the molecule is CCOC(=O)CSc1nc2ccccc2c(=O)n1-c1ccc(S(=O)(=O)Nc2nccs2)cc1. The molecule has 12 heteroatoms. The quantitative estimate of drug-likeness (QED) is 0.221. The lowest BCUT2D eigenvalue weighted by Crippen LogP contribution is -2.22. The predicted molar refractivity (Wildman–Crippen MR) is 128 cm³/mol. The summed E-state index contributed by atoms with van der Waals surface area (Å²) in [5.74, 6) is -0.450. The van der Waals surface area contributed by atoms with Crippen molar-refractivity contribution in [1.29, 1.82) is 0 Å². The van der Waals surface area contributed by atoms with Crippen LogP contribution in [-0.2, 0) is 19.6 Å². The largest absolute Gasteiger partial charge is 0.465 e. The van der Waals surface area contributed by atoms with Crippen LogP contribution >= 0.6 is 23.1 Å². The number of ether oxygens (including phenoxy) is 1. The van der Waals surface area contributed by atoms with Gasteiger partial charge in [0.05, 0.1) is 33.8 Å². The monoisotopic (exact) mass is 502 g/mol. The van der Waals surface area contributed by atoms with E-state index in [9.17, 15) is 18.0 Å². The van der Waals surface area contributed by atoms with Crippen molar-refractivity contribution in [3.63, 3.8) is 0 Å². The van der Waals surface area contributed by atoms with Crippen LogP contribution < -0.4 is 10.3 Å². The molecule has 0 spiro atoms. The molecule has 4 rings (SSSR count). The minimum Gasteiger partial charge on any atom is -0.465 e. The Labute approximate surface area is 197 Å². The number of carbonyl (C=O) groups excluding carboxylic acids is 1. The van der Waals surface area contributed by atoms with Gasteiger partial charge >= 0.3 is 5.97 Å². The Morgan fingerprint density at radius 3 is 2.64 bits per heavy atom. The zero-order valence-electron chi connectivity index (χ0n) is 17.3. The summed E-state index contributed by atoms with van der Waals surface area (Å²) in [5.41, 5.74) is 0.582. The third kappa shape index (κ3) is 5.07. The Bertz CT molecular complexity index is 1450. The number of nitrogens with zero attached hydrogens (tertiary/aromatic N) is 3. The Morgan fingerprint density at radius 2 is 1.94 bits per heavy atom. The zero-order chi connectivity index (χ0) is 23.4. The fraction of sp³-hybridized carbons (Fsp3) is 0.143. The number of hydrogen-bond donors (Lipinski definition) is 1. The average Bonchev–Trinajstić information content (AvgIpc) is 3.30. The molecule has 0 aliphatic rings. The van der Waals surface area contributed by atoms with Crippen molar-refractivity contribution in [3.05, 3.63) is 70.5 Å². The van der Waals surface area contributed by atoms with Crippen molar-refractivity contribution in [3.8, 4) is 5.69 Å². The van der Waals surface area contributed by atoms with Crippen LogP contribution in [0.3, 0.4) is 0 Å². The normalized spacial score (nSPS) is 11.4. The molecule has 4 aromatic rings. The molecular formula is C21H18N4O5S3. The highest BCUT2D eigenvalue weighted by Crippen LogP contribution is 2.23. The Hall–Kier alpha value is -3.22. The number of thiazole rings is 1. The van der Waals surface area contributed by atoms with Gasteiger partial charge in [-0.05, 0) is 43.3 Å². The van der Waals surface area contributed by atoms with E-state index in [1.807, 2.05) is 0 Å². The third-order valence-corrected chi connectivity index (χ3v) is 7.51. The number of benzene rings is 2. The molecule has 0 aliphatic carbocycles. The maximum atomic E-state index is 13.3. The summed E-state index contributed by atoms with van der Waals surface area (Å²) in [7, 11) is -3.84. The highest BCUT2D eigenvalue weighted by molar-refractivity contribution is 7.99. The van der Waals surface area contributed by atoms with E-state index in [0.29, 0.717) is 21.7 Å². The minimum atomic E-state index is -3.84. The number of esters is 1. The van der Waals surface area contributed by atoms with Gasteiger partial charge in [-0.25, -0.2) is 18.4 Å². The van der Waals surface area contributed by atoms with Crippen LogP contribution in [0.5, 0.6) is 0 Å². The van der Waals surface area contributed by atoms with Gasteiger partial charge in [0.2, 0.25) is 0 Å². The second kappa shape index (κ2) is 9.73. The fourth-order valence-corrected chi connectivity index (χ4v) is 5.58. The predicted octanol–water partition coefficient (Wildman–Crippen LogP) is 3.30. The van der Waals surface area contributed by atoms with Crippen molar-refractivity contribution in [2.75, 3.05) is 17.1 Å². The van der Waals surface area contributed by atoms with Gasteiger partial charge in [-0.15, -0.1) is 11.3 Å². The number of hydrogen-bond acceptors (Lipinski definition) is 9. The van der Waals surface area contributed by atoms with Crippen LogP contribution in [0.2, 0.25) is 0 Å². The number of nitrogens with one attached hydrogen (secondary N) is 1. The van der Waals surface area contributed by atoms with Crippen molar-refractivity contribution >= 4 is 55.1 Å². The van der Waals surface area contributed by atoms with E-state index in [4.69, 9.17) is 4.74 Å². The van der Waals surface area contributed by atoms with Gasteiger partial charge in [-0.2, -0.15) is 0 Å². The number of thioether (sulfide) groups is 1. The topological polar surface area (TPSA) is 120 Å². The lowest BCUT2D eigenvalue weighted by atomic mass is 10.2. The van der Waals surface area contributed by atoms with E-state index in [1.54, 1.807) is 36.6 Å². The first-order valence-corrected chi connectivity index (χ1v) is 13.1. The molecule has 0 amide bonds. The maximum Gasteiger partial charge on any atom is 0.316 e. The number of carbonyl (C=O) groups is 1. The highest BCUT2D eigenvalue weighted by atomic mass is 32.2. The molecule has 0 saturated carbocycles. The van der Waals surface area contributed by atoms with Crippen molar-refractivity contribution < 1.29 is 17.9 Å². The number of fused-ring (bicyclic) bond motifs is 1. The molecule has 0 aliphatic heterocycles. The van der Waals surface area contributed by atoms with Crippen LogP contribution in [-0.4, -0.2) is 41.3 Å².